The van der Waals surface area contributed by atoms with Crippen molar-refractivity contribution in [1.82, 2.24) is 25.3 Å². The molecule has 2 aromatic rings. The maximum absolute atomic E-state index is 4.82. The molecule has 1 saturated heterocycles. The fraction of sp³-hybridized carbons (Fsp3) is 0.583. The highest BCUT2D eigenvalue weighted by molar-refractivity contribution is 5.79. The van der Waals surface area contributed by atoms with Crippen molar-refractivity contribution in [3.8, 4) is 0 Å². The maximum Gasteiger partial charge on any atom is 0.191 e. The van der Waals surface area contributed by atoms with E-state index in [0.29, 0.717) is 6.54 Å². The van der Waals surface area contributed by atoms with Gasteiger partial charge < -0.3 is 15.5 Å². The van der Waals surface area contributed by atoms with Crippen molar-refractivity contribution >= 4 is 5.96 Å². The molecule has 1 aromatic carbocycles. The first-order valence-corrected chi connectivity index (χ1v) is 11.6. The van der Waals surface area contributed by atoms with E-state index in [0.717, 1.165) is 25.6 Å². The molecule has 1 aliphatic rings. The molecule has 2 N–H and O–H groups in total. The van der Waals surface area contributed by atoms with Crippen LogP contribution in [0.25, 0.3) is 0 Å². The van der Waals surface area contributed by atoms with Crippen LogP contribution in [-0.4, -0.2) is 53.4 Å². The summed E-state index contributed by atoms with van der Waals surface area (Å²) >= 11 is 0. The summed E-state index contributed by atoms with van der Waals surface area (Å²) < 4.78 is 1.95. The van der Waals surface area contributed by atoms with Crippen LogP contribution in [0.15, 0.2) is 47.7 Å². The second kappa shape index (κ2) is 13.1. The molecule has 0 radical (unpaired) electrons. The molecule has 3 rings (SSSR count). The number of nitrogens with zero attached hydrogens (tertiary/aromatic N) is 4. The zero-order chi connectivity index (χ0) is 20.9. The van der Waals surface area contributed by atoms with E-state index >= 15 is 0 Å². The average Bonchev–Trinajstić information content (AvgIpc) is 3.29. The molecule has 0 spiro atoms. The van der Waals surface area contributed by atoms with Gasteiger partial charge in [0.15, 0.2) is 5.96 Å². The summed E-state index contributed by atoms with van der Waals surface area (Å²) in [6, 6.07) is 10.4. The number of aliphatic imine (C=N–C) groups is 1. The molecule has 0 atom stereocenters. The van der Waals surface area contributed by atoms with E-state index in [1.807, 2.05) is 23.1 Å². The van der Waals surface area contributed by atoms with E-state index < -0.39 is 0 Å². The highest BCUT2D eigenvalue weighted by atomic mass is 15.3. The van der Waals surface area contributed by atoms with E-state index in [-0.39, 0.29) is 0 Å². The molecule has 30 heavy (non-hydrogen) atoms. The Kier molecular flexibility index (Phi) is 9.73. The van der Waals surface area contributed by atoms with Gasteiger partial charge in [0, 0.05) is 25.5 Å². The minimum atomic E-state index is 0.668. The third kappa shape index (κ3) is 7.82. The SMILES string of the molecule is CCNC(=NCc1ccccc1Cn1cccn1)NCCCCCN1CCCCC1. The fourth-order valence-corrected chi connectivity index (χ4v) is 3.97. The largest absolute Gasteiger partial charge is 0.357 e. The Morgan fingerprint density at radius 3 is 2.60 bits per heavy atom. The standard InChI is InChI=1S/C24H38N6/c1-2-25-24(26-14-7-3-8-16-29-17-9-4-10-18-29)27-20-22-12-5-6-13-23(22)21-30-19-11-15-28-30/h5-6,11-13,15,19H,2-4,7-10,14,16-18,20-21H2,1H3,(H2,25,26,27). The number of nitrogens with one attached hydrogen (secondary N) is 2. The van der Waals surface area contributed by atoms with Crippen molar-refractivity contribution in [1.29, 1.82) is 0 Å². The highest BCUT2D eigenvalue weighted by Crippen LogP contribution is 2.12. The van der Waals surface area contributed by atoms with Gasteiger partial charge >= 0.3 is 0 Å². The molecule has 0 unspecified atom stereocenters. The number of benzene rings is 1. The number of likely N-dealkylation sites (tertiary alicyclic amines) is 1. The zero-order valence-corrected chi connectivity index (χ0v) is 18.5. The molecular weight excluding hydrogens is 372 g/mol. The number of unbranched alkanes of at least 4 members (excludes halogenated alkanes) is 2. The summed E-state index contributed by atoms with van der Waals surface area (Å²) in [4.78, 5) is 7.45. The van der Waals surface area contributed by atoms with Crippen LogP contribution < -0.4 is 10.6 Å². The number of guanidine groups is 1. The van der Waals surface area contributed by atoms with Crippen LogP contribution in [-0.2, 0) is 13.1 Å². The first-order chi connectivity index (χ1) is 14.8. The number of piperidine rings is 1. The quantitative estimate of drug-likeness (QED) is 0.337. The maximum atomic E-state index is 4.82. The van der Waals surface area contributed by atoms with Gasteiger partial charge in [-0.25, -0.2) is 4.99 Å². The Hall–Kier alpha value is -2.34. The van der Waals surface area contributed by atoms with Gasteiger partial charge in [-0.3, -0.25) is 4.68 Å². The van der Waals surface area contributed by atoms with E-state index in [1.165, 1.54) is 69.3 Å². The zero-order valence-electron chi connectivity index (χ0n) is 18.5. The van der Waals surface area contributed by atoms with Crippen LogP contribution in [0.3, 0.4) is 0 Å². The first-order valence-electron chi connectivity index (χ1n) is 11.6. The van der Waals surface area contributed by atoms with Gasteiger partial charge in [0.25, 0.3) is 0 Å². The molecule has 1 fully saturated rings. The van der Waals surface area contributed by atoms with Gasteiger partial charge in [-0.15, -0.1) is 0 Å². The number of hydrogen-bond donors (Lipinski definition) is 2. The van der Waals surface area contributed by atoms with E-state index in [2.05, 4.69) is 51.8 Å². The lowest BCUT2D eigenvalue weighted by atomic mass is 10.1. The van der Waals surface area contributed by atoms with E-state index in [4.69, 9.17) is 4.99 Å². The smallest absolute Gasteiger partial charge is 0.191 e. The lowest BCUT2D eigenvalue weighted by Crippen LogP contribution is -2.37. The molecule has 6 nitrogen and oxygen atoms in total. The van der Waals surface area contributed by atoms with Gasteiger partial charge in [-0.05, 0) is 69.4 Å². The summed E-state index contributed by atoms with van der Waals surface area (Å²) in [5, 5.41) is 11.2. The van der Waals surface area contributed by atoms with E-state index in [9.17, 15) is 0 Å². The summed E-state index contributed by atoms with van der Waals surface area (Å²) in [6.45, 7) is 9.27. The predicted octanol–water partition coefficient (Wildman–Crippen LogP) is 3.64. The Morgan fingerprint density at radius 1 is 1.00 bits per heavy atom. The lowest BCUT2D eigenvalue weighted by Gasteiger charge is -2.26. The summed E-state index contributed by atoms with van der Waals surface area (Å²) in [5.41, 5.74) is 2.50. The van der Waals surface area contributed by atoms with Gasteiger partial charge in [0.1, 0.15) is 0 Å². The van der Waals surface area contributed by atoms with Gasteiger partial charge in [-0.1, -0.05) is 37.1 Å². The number of rotatable bonds is 11. The van der Waals surface area contributed by atoms with Crippen molar-refractivity contribution < 1.29 is 0 Å². The third-order valence-electron chi connectivity index (χ3n) is 5.65. The van der Waals surface area contributed by atoms with Crippen LogP contribution in [0, 0.1) is 0 Å². The molecule has 0 amide bonds. The molecule has 1 aromatic heterocycles. The molecule has 6 heteroatoms. The first kappa shape index (κ1) is 22.3. The van der Waals surface area contributed by atoms with Crippen LogP contribution >= 0.6 is 0 Å². The monoisotopic (exact) mass is 410 g/mol. The molecule has 0 bridgehead atoms. The average molecular weight is 411 g/mol. The molecule has 0 saturated carbocycles. The minimum absolute atomic E-state index is 0.668. The molecule has 1 aliphatic heterocycles. The molecule has 2 heterocycles. The van der Waals surface area contributed by atoms with Crippen molar-refractivity contribution in [3.63, 3.8) is 0 Å². The van der Waals surface area contributed by atoms with Crippen LogP contribution in [0.4, 0.5) is 0 Å². The fourth-order valence-electron chi connectivity index (χ4n) is 3.97. The van der Waals surface area contributed by atoms with Crippen LogP contribution in [0.2, 0.25) is 0 Å². The Labute approximate surface area is 181 Å². The van der Waals surface area contributed by atoms with Gasteiger partial charge in [0.2, 0.25) is 0 Å². The van der Waals surface area contributed by atoms with Crippen molar-refractivity contribution in [2.75, 3.05) is 32.7 Å². The summed E-state index contributed by atoms with van der Waals surface area (Å²) in [7, 11) is 0. The highest BCUT2D eigenvalue weighted by Gasteiger charge is 2.09. The Balaban J connectivity index is 1.42. The molecular formula is C24H38N6. The summed E-state index contributed by atoms with van der Waals surface area (Å²) in [5.74, 6) is 0.905. The van der Waals surface area contributed by atoms with Gasteiger partial charge in [0.05, 0.1) is 13.1 Å². The molecule has 164 valence electrons. The van der Waals surface area contributed by atoms with E-state index in [1.54, 1.807) is 0 Å². The normalized spacial score (nSPS) is 15.3. The topological polar surface area (TPSA) is 57.5 Å². The predicted molar refractivity (Wildman–Crippen MR) is 125 cm³/mol. The second-order valence-corrected chi connectivity index (χ2v) is 8.06. The Morgan fingerprint density at radius 2 is 1.83 bits per heavy atom. The minimum Gasteiger partial charge on any atom is -0.357 e. The third-order valence-corrected chi connectivity index (χ3v) is 5.65. The van der Waals surface area contributed by atoms with Crippen LogP contribution in [0.5, 0.6) is 0 Å². The van der Waals surface area contributed by atoms with Gasteiger partial charge in [-0.2, -0.15) is 5.10 Å². The molecule has 0 aliphatic carbocycles. The van der Waals surface area contributed by atoms with Crippen LogP contribution in [0.1, 0.15) is 56.6 Å². The second-order valence-electron chi connectivity index (χ2n) is 8.06. The number of hydrogen-bond acceptors (Lipinski definition) is 3. The van der Waals surface area contributed by atoms with Crippen molar-refractivity contribution in [2.45, 2.75) is 58.5 Å². The van der Waals surface area contributed by atoms with Crippen molar-refractivity contribution in [2.24, 2.45) is 4.99 Å². The van der Waals surface area contributed by atoms with Crippen molar-refractivity contribution in [3.05, 3.63) is 53.9 Å². The number of aromatic nitrogens is 2. The Bertz CT molecular complexity index is 734. The lowest BCUT2D eigenvalue weighted by molar-refractivity contribution is 0.224. The summed E-state index contributed by atoms with van der Waals surface area (Å²) in [6.07, 6.45) is 11.8.